The van der Waals surface area contributed by atoms with Gasteiger partial charge in [-0.05, 0) is 26.1 Å². The van der Waals surface area contributed by atoms with Crippen molar-refractivity contribution in [3.8, 4) is 0 Å². The van der Waals surface area contributed by atoms with Gasteiger partial charge in [0.15, 0.2) is 0 Å². The zero-order valence-corrected chi connectivity index (χ0v) is 10.6. The van der Waals surface area contributed by atoms with Crippen LogP contribution in [0.4, 0.5) is 5.69 Å². The molecule has 0 bridgehead atoms. The second-order valence-corrected chi connectivity index (χ2v) is 4.74. The normalized spacial score (nSPS) is 22.6. The van der Waals surface area contributed by atoms with Gasteiger partial charge in [-0.3, -0.25) is 15.7 Å². The lowest BCUT2D eigenvalue weighted by molar-refractivity contribution is 0.0991. The first-order chi connectivity index (χ1) is 8.19. The molecule has 0 radical (unpaired) electrons. The first kappa shape index (κ1) is 12.3. The minimum atomic E-state index is 0.611. The number of piperazine rings is 1. The summed E-state index contributed by atoms with van der Waals surface area (Å²) in [5.41, 5.74) is 4.63. The quantitative estimate of drug-likeness (QED) is 0.590. The van der Waals surface area contributed by atoms with Crippen LogP contribution in [0.15, 0.2) is 18.3 Å². The van der Waals surface area contributed by atoms with E-state index < -0.39 is 0 Å². The van der Waals surface area contributed by atoms with E-state index in [4.69, 9.17) is 5.84 Å². The number of likely N-dealkylation sites (N-methyl/N-ethyl adjacent to an activating group) is 1. The van der Waals surface area contributed by atoms with Crippen LogP contribution in [0.1, 0.15) is 12.6 Å². The minimum absolute atomic E-state index is 0.611. The van der Waals surface area contributed by atoms with Crippen LogP contribution in [0.5, 0.6) is 0 Å². The fraction of sp³-hybridized carbons (Fsp3) is 0.583. The summed E-state index contributed by atoms with van der Waals surface area (Å²) >= 11 is 0. The Kier molecular flexibility index (Phi) is 3.93. The molecular weight excluding hydrogens is 214 g/mol. The second-order valence-electron chi connectivity index (χ2n) is 4.74. The maximum Gasteiger partial charge on any atom is 0.0564 e. The van der Waals surface area contributed by atoms with Crippen molar-refractivity contribution < 1.29 is 0 Å². The monoisotopic (exact) mass is 235 g/mol. The number of hydrazine groups is 1. The van der Waals surface area contributed by atoms with E-state index in [1.54, 1.807) is 6.20 Å². The maximum absolute atomic E-state index is 5.39. The van der Waals surface area contributed by atoms with Gasteiger partial charge in [-0.15, -0.1) is 0 Å². The molecule has 0 aliphatic carbocycles. The van der Waals surface area contributed by atoms with Gasteiger partial charge in [0.1, 0.15) is 0 Å². The van der Waals surface area contributed by atoms with Gasteiger partial charge in [0.25, 0.3) is 0 Å². The largest absolute Gasteiger partial charge is 0.324 e. The highest BCUT2D eigenvalue weighted by atomic mass is 15.3. The molecule has 1 atom stereocenters. The molecule has 0 spiro atoms. The lowest BCUT2D eigenvalue weighted by Gasteiger charge is -2.37. The predicted octanol–water partition coefficient (Wildman–Crippen LogP) is 0.503. The van der Waals surface area contributed by atoms with E-state index in [-0.39, 0.29) is 0 Å². The molecule has 0 amide bonds. The SMILES string of the molecule is CC1CN(Cc2cc(NN)ccn2)CCN1C. The number of hydrogen-bond acceptors (Lipinski definition) is 5. The van der Waals surface area contributed by atoms with E-state index in [9.17, 15) is 0 Å². The molecule has 94 valence electrons. The van der Waals surface area contributed by atoms with Crippen LogP contribution in [0, 0.1) is 0 Å². The molecule has 1 saturated heterocycles. The van der Waals surface area contributed by atoms with Gasteiger partial charge in [0.05, 0.1) is 11.4 Å². The third-order valence-electron chi connectivity index (χ3n) is 3.41. The van der Waals surface area contributed by atoms with Crippen molar-refractivity contribution >= 4 is 5.69 Å². The first-order valence-corrected chi connectivity index (χ1v) is 6.03. The molecule has 17 heavy (non-hydrogen) atoms. The van der Waals surface area contributed by atoms with E-state index >= 15 is 0 Å². The van der Waals surface area contributed by atoms with Gasteiger partial charge in [0, 0.05) is 38.4 Å². The second kappa shape index (κ2) is 5.44. The van der Waals surface area contributed by atoms with Gasteiger partial charge < -0.3 is 10.3 Å². The molecule has 1 aromatic rings. The van der Waals surface area contributed by atoms with E-state index in [0.717, 1.165) is 37.6 Å². The van der Waals surface area contributed by atoms with Gasteiger partial charge in [-0.25, -0.2) is 0 Å². The van der Waals surface area contributed by atoms with Crippen LogP contribution < -0.4 is 11.3 Å². The summed E-state index contributed by atoms with van der Waals surface area (Å²) in [6, 6.07) is 4.48. The Hall–Kier alpha value is -1.17. The van der Waals surface area contributed by atoms with E-state index in [1.807, 2.05) is 12.1 Å². The molecule has 1 fully saturated rings. The molecule has 5 heteroatoms. The average Bonchev–Trinajstić information content (AvgIpc) is 2.34. The highest BCUT2D eigenvalue weighted by Crippen LogP contribution is 2.12. The molecule has 2 heterocycles. The Bertz CT molecular complexity index is 368. The Morgan fingerprint density at radius 2 is 2.35 bits per heavy atom. The molecule has 0 saturated carbocycles. The fourth-order valence-corrected chi connectivity index (χ4v) is 2.15. The van der Waals surface area contributed by atoms with Crippen molar-refractivity contribution in [1.82, 2.24) is 14.8 Å². The number of hydrogen-bond donors (Lipinski definition) is 2. The van der Waals surface area contributed by atoms with Crippen molar-refractivity contribution in [2.24, 2.45) is 5.84 Å². The highest BCUT2D eigenvalue weighted by molar-refractivity contribution is 5.41. The lowest BCUT2D eigenvalue weighted by Crippen LogP contribution is -2.49. The van der Waals surface area contributed by atoms with Crippen molar-refractivity contribution in [3.05, 3.63) is 24.0 Å². The van der Waals surface area contributed by atoms with Crippen molar-refractivity contribution in [1.29, 1.82) is 0 Å². The molecule has 1 aliphatic rings. The highest BCUT2D eigenvalue weighted by Gasteiger charge is 2.20. The number of rotatable bonds is 3. The Morgan fingerprint density at radius 3 is 3.06 bits per heavy atom. The molecule has 1 aromatic heterocycles. The Labute approximate surface area is 103 Å². The zero-order chi connectivity index (χ0) is 12.3. The van der Waals surface area contributed by atoms with Gasteiger partial charge in [-0.2, -0.15) is 0 Å². The maximum atomic E-state index is 5.39. The lowest BCUT2D eigenvalue weighted by atomic mass is 10.2. The molecule has 0 aromatic carbocycles. The Balaban J connectivity index is 1.96. The van der Waals surface area contributed by atoms with Crippen LogP contribution in [-0.4, -0.2) is 47.5 Å². The van der Waals surface area contributed by atoms with Crippen LogP contribution in [-0.2, 0) is 6.54 Å². The number of nitrogens with one attached hydrogen (secondary N) is 1. The Morgan fingerprint density at radius 1 is 1.53 bits per heavy atom. The number of nitrogens with two attached hydrogens (primary N) is 1. The van der Waals surface area contributed by atoms with Crippen LogP contribution in [0.25, 0.3) is 0 Å². The number of nitrogen functional groups attached to an aromatic ring is 1. The summed E-state index contributed by atoms with van der Waals surface area (Å²) in [4.78, 5) is 9.20. The topological polar surface area (TPSA) is 57.4 Å². The predicted molar refractivity (Wildman–Crippen MR) is 69.4 cm³/mol. The summed E-state index contributed by atoms with van der Waals surface area (Å²) in [5, 5.41) is 0. The van der Waals surface area contributed by atoms with E-state index in [0.29, 0.717) is 6.04 Å². The van der Waals surface area contributed by atoms with Crippen molar-refractivity contribution in [3.63, 3.8) is 0 Å². The summed E-state index contributed by atoms with van der Waals surface area (Å²) < 4.78 is 0. The molecule has 1 unspecified atom stereocenters. The number of nitrogens with zero attached hydrogens (tertiary/aromatic N) is 3. The summed E-state index contributed by atoms with van der Waals surface area (Å²) in [7, 11) is 2.18. The third-order valence-corrected chi connectivity index (χ3v) is 3.41. The number of pyridine rings is 1. The van der Waals surface area contributed by atoms with E-state index in [1.165, 1.54) is 0 Å². The fourth-order valence-electron chi connectivity index (χ4n) is 2.15. The van der Waals surface area contributed by atoms with Crippen LogP contribution in [0.2, 0.25) is 0 Å². The average molecular weight is 235 g/mol. The number of anilines is 1. The molecule has 5 nitrogen and oxygen atoms in total. The molecule has 3 N–H and O–H groups in total. The molecule has 1 aliphatic heterocycles. The minimum Gasteiger partial charge on any atom is -0.324 e. The van der Waals surface area contributed by atoms with Crippen LogP contribution >= 0.6 is 0 Å². The summed E-state index contributed by atoms with van der Waals surface area (Å²) in [6.45, 7) is 6.47. The third kappa shape index (κ3) is 3.15. The van der Waals surface area contributed by atoms with Crippen LogP contribution in [0.3, 0.4) is 0 Å². The standard InChI is InChI=1S/C12H21N5/c1-10-8-17(6-5-16(10)2)9-12-7-11(15-13)3-4-14-12/h3-4,7,10H,5-6,8-9,13H2,1-2H3,(H,14,15). The van der Waals surface area contributed by atoms with Crippen molar-refractivity contribution in [2.75, 3.05) is 32.1 Å². The summed E-state index contributed by atoms with van der Waals surface area (Å²) in [6.07, 6.45) is 1.80. The molecule has 2 rings (SSSR count). The summed E-state index contributed by atoms with van der Waals surface area (Å²) in [5.74, 6) is 5.39. The van der Waals surface area contributed by atoms with E-state index in [2.05, 4.69) is 34.2 Å². The van der Waals surface area contributed by atoms with Crippen molar-refractivity contribution in [2.45, 2.75) is 19.5 Å². The van der Waals surface area contributed by atoms with Gasteiger partial charge >= 0.3 is 0 Å². The smallest absolute Gasteiger partial charge is 0.0564 e. The van der Waals surface area contributed by atoms with Gasteiger partial charge in [0.2, 0.25) is 0 Å². The number of aromatic nitrogens is 1. The zero-order valence-electron chi connectivity index (χ0n) is 10.6. The molecular formula is C12H21N5. The first-order valence-electron chi connectivity index (χ1n) is 6.03. The van der Waals surface area contributed by atoms with Gasteiger partial charge in [-0.1, -0.05) is 0 Å².